The van der Waals surface area contributed by atoms with Gasteiger partial charge in [0.2, 0.25) is 0 Å². The summed E-state index contributed by atoms with van der Waals surface area (Å²) in [4.78, 5) is 0. The van der Waals surface area contributed by atoms with E-state index in [0.717, 1.165) is 18.6 Å². The molecule has 0 aliphatic carbocycles. The fourth-order valence-electron chi connectivity index (χ4n) is 1.67. The molecular weight excluding hydrogens is 272 g/mol. The lowest BCUT2D eigenvalue weighted by Gasteiger charge is -2.21. The van der Waals surface area contributed by atoms with E-state index in [0.29, 0.717) is 6.54 Å². The Kier molecular flexibility index (Phi) is 6.69. The minimum Gasteiger partial charge on any atom is -0.377 e. The van der Waals surface area contributed by atoms with Gasteiger partial charge in [-0.1, -0.05) is 18.5 Å². The highest BCUT2D eigenvalue weighted by molar-refractivity contribution is 6.30. The zero-order chi connectivity index (χ0) is 14.4. The molecule has 5 heteroatoms. The van der Waals surface area contributed by atoms with Crippen LogP contribution >= 0.6 is 11.6 Å². The summed E-state index contributed by atoms with van der Waals surface area (Å²) in [5.74, 6) is -1.14. The summed E-state index contributed by atoms with van der Waals surface area (Å²) in [6, 6.07) is 1.76. The van der Waals surface area contributed by atoms with E-state index in [1.165, 1.54) is 0 Å². The first-order chi connectivity index (χ1) is 8.95. The lowest BCUT2D eigenvalue weighted by Crippen LogP contribution is -2.28. The van der Waals surface area contributed by atoms with Gasteiger partial charge in [0.15, 0.2) is 0 Å². The lowest BCUT2D eigenvalue weighted by molar-refractivity contribution is 0.0604. The normalized spacial score (nSPS) is 13.0. The second-order valence-corrected chi connectivity index (χ2v) is 5.08. The lowest BCUT2D eigenvalue weighted by atomic mass is 10.1. The zero-order valence-electron chi connectivity index (χ0n) is 11.5. The van der Waals surface area contributed by atoms with Gasteiger partial charge in [-0.2, -0.15) is 0 Å². The number of ether oxygens (including phenoxy) is 1. The summed E-state index contributed by atoms with van der Waals surface area (Å²) in [6.45, 7) is 6.79. The van der Waals surface area contributed by atoms with Crippen molar-refractivity contribution in [3.8, 4) is 0 Å². The van der Waals surface area contributed by atoms with Gasteiger partial charge in [0, 0.05) is 5.56 Å². The van der Waals surface area contributed by atoms with Crippen molar-refractivity contribution < 1.29 is 13.5 Å². The Morgan fingerprint density at radius 3 is 2.53 bits per heavy atom. The van der Waals surface area contributed by atoms with Gasteiger partial charge in [0.05, 0.1) is 23.8 Å². The molecule has 0 aliphatic rings. The second-order valence-electron chi connectivity index (χ2n) is 4.68. The molecule has 0 amide bonds. The van der Waals surface area contributed by atoms with Crippen molar-refractivity contribution in [2.24, 2.45) is 0 Å². The average Bonchev–Trinajstić information content (AvgIpc) is 2.34. The molecule has 1 rings (SSSR count). The molecule has 0 bridgehead atoms. The van der Waals surface area contributed by atoms with Crippen LogP contribution in [0, 0.1) is 11.6 Å². The van der Waals surface area contributed by atoms with Crippen molar-refractivity contribution in [2.75, 3.05) is 13.2 Å². The van der Waals surface area contributed by atoms with Crippen LogP contribution < -0.4 is 5.32 Å². The predicted octanol–water partition coefficient (Wildman–Crippen LogP) is 4.08. The molecule has 1 atom stereocenters. The van der Waals surface area contributed by atoms with E-state index in [1.54, 1.807) is 0 Å². The van der Waals surface area contributed by atoms with Crippen LogP contribution in [-0.2, 0) is 4.74 Å². The molecule has 0 spiro atoms. The molecule has 1 unspecified atom stereocenters. The van der Waals surface area contributed by atoms with Crippen LogP contribution in [0.5, 0.6) is 0 Å². The van der Waals surface area contributed by atoms with Crippen LogP contribution in [0.1, 0.15) is 38.8 Å². The van der Waals surface area contributed by atoms with Crippen molar-refractivity contribution in [2.45, 2.75) is 39.3 Å². The smallest absolute Gasteiger partial charge is 0.142 e. The summed E-state index contributed by atoms with van der Waals surface area (Å²) < 4.78 is 32.9. The Hall–Kier alpha value is -0.710. The highest BCUT2D eigenvalue weighted by atomic mass is 35.5. The Morgan fingerprint density at radius 2 is 1.95 bits per heavy atom. The first-order valence-electron chi connectivity index (χ1n) is 6.45. The Bertz CT molecular complexity index is 413. The summed E-state index contributed by atoms with van der Waals surface area (Å²) in [7, 11) is 0. The molecule has 0 aromatic heterocycles. The average molecular weight is 292 g/mol. The van der Waals surface area contributed by atoms with Crippen LogP contribution in [0.4, 0.5) is 8.78 Å². The number of halogens is 3. The topological polar surface area (TPSA) is 21.3 Å². The molecule has 0 radical (unpaired) electrons. The van der Waals surface area contributed by atoms with Gasteiger partial charge < -0.3 is 10.1 Å². The van der Waals surface area contributed by atoms with Crippen molar-refractivity contribution in [1.82, 2.24) is 5.32 Å². The maximum atomic E-state index is 13.9. The van der Waals surface area contributed by atoms with Crippen LogP contribution in [0.25, 0.3) is 0 Å². The van der Waals surface area contributed by atoms with Crippen LogP contribution in [0.3, 0.4) is 0 Å². The monoisotopic (exact) mass is 291 g/mol. The summed E-state index contributed by atoms with van der Waals surface area (Å²) in [6.07, 6.45) is 0.932. The van der Waals surface area contributed by atoms with Gasteiger partial charge in [-0.3, -0.25) is 0 Å². The molecule has 2 nitrogen and oxygen atoms in total. The zero-order valence-corrected chi connectivity index (χ0v) is 12.2. The van der Waals surface area contributed by atoms with E-state index in [-0.39, 0.29) is 29.3 Å². The molecule has 0 heterocycles. The fraction of sp³-hybridized carbons (Fsp3) is 0.571. The van der Waals surface area contributed by atoms with Gasteiger partial charge in [-0.15, -0.1) is 0 Å². The molecular formula is C14H20ClF2NO. The van der Waals surface area contributed by atoms with Gasteiger partial charge in [-0.25, -0.2) is 8.78 Å². The van der Waals surface area contributed by atoms with Gasteiger partial charge in [0.25, 0.3) is 0 Å². The maximum Gasteiger partial charge on any atom is 0.142 e. The highest BCUT2D eigenvalue weighted by Gasteiger charge is 2.18. The number of rotatable bonds is 7. The Balaban J connectivity index is 2.92. The molecule has 0 aliphatic heterocycles. The molecule has 19 heavy (non-hydrogen) atoms. The van der Waals surface area contributed by atoms with E-state index < -0.39 is 11.6 Å². The number of hydrogen-bond donors (Lipinski definition) is 1. The molecule has 0 fully saturated rings. The number of nitrogens with one attached hydrogen (secondary N) is 1. The van der Waals surface area contributed by atoms with Crippen LogP contribution in [0.2, 0.25) is 5.02 Å². The first kappa shape index (κ1) is 16.3. The third-order valence-corrected chi connectivity index (χ3v) is 2.94. The van der Waals surface area contributed by atoms with Gasteiger partial charge >= 0.3 is 0 Å². The van der Waals surface area contributed by atoms with Gasteiger partial charge in [0.1, 0.15) is 11.6 Å². The van der Waals surface area contributed by atoms with Gasteiger partial charge in [-0.05, 0) is 38.9 Å². The largest absolute Gasteiger partial charge is 0.377 e. The molecule has 1 aromatic carbocycles. The quantitative estimate of drug-likeness (QED) is 0.764. The SMILES string of the molecule is CCCNC(COC(C)C)c1cc(F)c(Cl)cc1F. The molecule has 0 saturated carbocycles. The summed E-state index contributed by atoms with van der Waals surface area (Å²) in [5.41, 5.74) is 0.246. The summed E-state index contributed by atoms with van der Waals surface area (Å²) in [5, 5.41) is 2.95. The predicted molar refractivity (Wildman–Crippen MR) is 73.5 cm³/mol. The summed E-state index contributed by atoms with van der Waals surface area (Å²) >= 11 is 5.56. The standard InChI is InChI=1S/C14H20ClF2NO/c1-4-5-18-14(8-19-9(2)3)10-6-13(17)11(15)7-12(10)16/h6-7,9,14,18H,4-5,8H2,1-3H3. The minimum absolute atomic E-state index is 0.0335. The van der Waals surface area contributed by atoms with Crippen LogP contribution in [0.15, 0.2) is 12.1 Å². The van der Waals surface area contributed by atoms with E-state index >= 15 is 0 Å². The van der Waals surface area contributed by atoms with Crippen molar-refractivity contribution in [1.29, 1.82) is 0 Å². The number of hydrogen-bond acceptors (Lipinski definition) is 2. The van der Waals surface area contributed by atoms with Crippen molar-refractivity contribution in [3.63, 3.8) is 0 Å². The fourth-order valence-corrected chi connectivity index (χ4v) is 1.82. The third kappa shape index (κ3) is 5.05. The Morgan fingerprint density at radius 1 is 1.26 bits per heavy atom. The molecule has 1 N–H and O–H groups in total. The third-order valence-electron chi connectivity index (χ3n) is 2.65. The molecule has 108 valence electrons. The van der Waals surface area contributed by atoms with Crippen LogP contribution in [-0.4, -0.2) is 19.3 Å². The van der Waals surface area contributed by atoms with Crippen molar-refractivity contribution in [3.05, 3.63) is 34.4 Å². The van der Waals surface area contributed by atoms with E-state index in [2.05, 4.69) is 5.32 Å². The van der Waals surface area contributed by atoms with E-state index in [9.17, 15) is 8.78 Å². The minimum atomic E-state index is -0.620. The first-order valence-corrected chi connectivity index (χ1v) is 6.82. The molecule has 0 saturated heterocycles. The maximum absolute atomic E-state index is 13.9. The Labute approximate surface area is 118 Å². The van der Waals surface area contributed by atoms with E-state index in [1.807, 2.05) is 20.8 Å². The van der Waals surface area contributed by atoms with Crippen molar-refractivity contribution >= 4 is 11.6 Å². The molecule has 1 aromatic rings. The highest BCUT2D eigenvalue weighted by Crippen LogP contribution is 2.24. The van der Waals surface area contributed by atoms with E-state index in [4.69, 9.17) is 16.3 Å². The number of benzene rings is 1. The second kappa shape index (κ2) is 7.78.